The van der Waals surface area contributed by atoms with Gasteiger partial charge in [0.25, 0.3) is 5.91 Å². The molecule has 0 bridgehead atoms. The molecular formula is C13H19N3O3. The third-order valence-electron chi connectivity index (χ3n) is 3.56. The van der Waals surface area contributed by atoms with Crippen LogP contribution in [-0.4, -0.2) is 44.3 Å². The van der Waals surface area contributed by atoms with Crippen molar-refractivity contribution in [3.05, 3.63) is 17.5 Å². The van der Waals surface area contributed by atoms with Gasteiger partial charge >= 0.3 is 5.97 Å². The number of hydrogen-bond donors (Lipinski definition) is 1. The van der Waals surface area contributed by atoms with E-state index in [0.29, 0.717) is 18.5 Å². The van der Waals surface area contributed by atoms with Gasteiger partial charge in [0.2, 0.25) is 0 Å². The Kier molecular flexibility index (Phi) is 3.59. The zero-order valence-corrected chi connectivity index (χ0v) is 11.5. The van der Waals surface area contributed by atoms with Crippen LogP contribution in [0, 0.1) is 6.92 Å². The summed E-state index contributed by atoms with van der Waals surface area (Å²) in [6.07, 6.45) is 2.80. The lowest BCUT2D eigenvalue weighted by molar-refractivity contribution is -0.141. The summed E-state index contributed by atoms with van der Waals surface area (Å²) in [5, 5.41) is 13.3. The summed E-state index contributed by atoms with van der Waals surface area (Å²) >= 11 is 0. The van der Waals surface area contributed by atoms with Gasteiger partial charge in [-0.3, -0.25) is 9.48 Å². The molecule has 6 heteroatoms. The van der Waals surface area contributed by atoms with Gasteiger partial charge < -0.3 is 10.0 Å². The van der Waals surface area contributed by atoms with Gasteiger partial charge in [0.1, 0.15) is 6.04 Å². The van der Waals surface area contributed by atoms with Crippen LogP contribution in [0.3, 0.4) is 0 Å². The van der Waals surface area contributed by atoms with Crippen molar-refractivity contribution in [1.29, 1.82) is 0 Å². The molecule has 2 heterocycles. The highest BCUT2D eigenvalue weighted by atomic mass is 16.4. The molecular weight excluding hydrogens is 246 g/mol. The maximum absolute atomic E-state index is 12.4. The number of carbonyl (C=O) groups is 2. The smallest absolute Gasteiger partial charge is 0.326 e. The molecule has 0 aliphatic carbocycles. The summed E-state index contributed by atoms with van der Waals surface area (Å²) < 4.78 is 1.78. The van der Waals surface area contributed by atoms with Gasteiger partial charge in [0.05, 0.1) is 11.8 Å². The van der Waals surface area contributed by atoms with E-state index in [0.717, 1.165) is 12.1 Å². The van der Waals surface area contributed by atoms with Crippen LogP contribution in [-0.2, 0) is 4.79 Å². The first-order valence-electron chi connectivity index (χ1n) is 6.51. The number of aliphatic carboxylic acids is 1. The van der Waals surface area contributed by atoms with E-state index in [4.69, 9.17) is 5.11 Å². The lowest BCUT2D eigenvalue weighted by atomic mass is 10.2. The molecule has 1 saturated heterocycles. The van der Waals surface area contributed by atoms with Gasteiger partial charge in [-0.15, -0.1) is 0 Å². The van der Waals surface area contributed by atoms with Crippen LogP contribution < -0.4 is 0 Å². The van der Waals surface area contributed by atoms with E-state index in [-0.39, 0.29) is 11.9 Å². The van der Waals surface area contributed by atoms with Crippen molar-refractivity contribution >= 4 is 11.9 Å². The standard InChI is InChI=1S/C13H19N3O3/c1-8(2)16-9(3)10(7-14-16)12(17)15-6-4-5-11(15)13(18)19/h7-8,11H,4-6H2,1-3H3,(H,18,19)/t11-/m1/s1. The van der Waals surface area contributed by atoms with Crippen LogP contribution in [0.15, 0.2) is 6.20 Å². The Bertz CT molecular complexity index is 507. The number of hydrogen-bond acceptors (Lipinski definition) is 3. The van der Waals surface area contributed by atoms with E-state index in [1.54, 1.807) is 4.68 Å². The van der Waals surface area contributed by atoms with E-state index >= 15 is 0 Å². The number of nitrogens with zero attached hydrogens (tertiary/aromatic N) is 3. The number of carbonyl (C=O) groups excluding carboxylic acids is 1. The lowest BCUT2D eigenvalue weighted by Gasteiger charge is -2.21. The van der Waals surface area contributed by atoms with Crippen LogP contribution in [0.1, 0.15) is 48.8 Å². The maximum atomic E-state index is 12.4. The van der Waals surface area contributed by atoms with E-state index in [1.165, 1.54) is 11.1 Å². The molecule has 1 atom stereocenters. The van der Waals surface area contributed by atoms with Crippen molar-refractivity contribution < 1.29 is 14.7 Å². The zero-order chi connectivity index (χ0) is 14.2. The van der Waals surface area contributed by atoms with Gasteiger partial charge in [-0.05, 0) is 33.6 Å². The van der Waals surface area contributed by atoms with E-state index in [1.807, 2.05) is 20.8 Å². The molecule has 1 aromatic heterocycles. The monoisotopic (exact) mass is 265 g/mol. The van der Waals surface area contributed by atoms with Crippen molar-refractivity contribution in [3.63, 3.8) is 0 Å². The molecule has 1 aliphatic rings. The third kappa shape index (κ3) is 2.34. The second-order valence-electron chi connectivity index (χ2n) is 5.18. The summed E-state index contributed by atoms with van der Waals surface area (Å²) in [7, 11) is 0. The quantitative estimate of drug-likeness (QED) is 0.897. The second-order valence-corrected chi connectivity index (χ2v) is 5.18. The fraction of sp³-hybridized carbons (Fsp3) is 0.615. The Balaban J connectivity index is 2.27. The number of carboxylic acids is 1. The molecule has 0 unspecified atom stereocenters. The zero-order valence-electron chi connectivity index (χ0n) is 11.5. The molecule has 1 aromatic rings. The number of aromatic nitrogens is 2. The highest BCUT2D eigenvalue weighted by molar-refractivity contribution is 5.97. The van der Waals surface area contributed by atoms with Gasteiger partial charge in [-0.2, -0.15) is 5.10 Å². The summed E-state index contributed by atoms with van der Waals surface area (Å²) in [6.45, 7) is 6.32. The number of amides is 1. The summed E-state index contributed by atoms with van der Waals surface area (Å²) in [5.41, 5.74) is 1.29. The van der Waals surface area contributed by atoms with Crippen molar-refractivity contribution in [2.75, 3.05) is 6.54 Å². The van der Waals surface area contributed by atoms with Crippen LogP contribution in [0.4, 0.5) is 0 Å². The van der Waals surface area contributed by atoms with Gasteiger partial charge in [-0.25, -0.2) is 4.79 Å². The first-order valence-corrected chi connectivity index (χ1v) is 6.51. The van der Waals surface area contributed by atoms with Crippen LogP contribution in [0.5, 0.6) is 0 Å². The van der Waals surface area contributed by atoms with Crippen LogP contribution in [0.25, 0.3) is 0 Å². The van der Waals surface area contributed by atoms with Gasteiger partial charge in [0.15, 0.2) is 0 Å². The Hall–Kier alpha value is -1.85. The second kappa shape index (κ2) is 5.03. The van der Waals surface area contributed by atoms with Crippen molar-refractivity contribution in [2.24, 2.45) is 0 Å². The van der Waals surface area contributed by atoms with Crippen molar-refractivity contribution in [1.82, 2.24) is 14.7 Å². The Morgan fingerprint density at radius 2 is 2.16 bits per heavy atom. The molecule has 1 aliphatic heterocycles. The molecule has 6 nitrogen and oxygen atoms in total. The molecule has 1 N–H and O–H groups in total. The predicted molar refractivity (Wildman–Crippen MR) is 69.0 cm³/mol. The molecule has 104 valence electrons. The van der Waals surface area contributed by atoms with Crippen molar-refractivity contribution in [2.45, 2.75) is 45.7 Å². The number of likely N-dealkylation sites (tertiary alicyclic amines) is 1. The minimum Gasteiger partial charge on any atom is -0.480 e. The largest absolute Gasteiger partial charge is 0.480 e. The average molecular weight is 265 g/mol. The third-order valence-corrected chi connectivity index (χ3v) is 3.56. The highest BCUT2D eigenvalue weighted by Crippen LogP contribution is 2.22. The molecule has 0 aromatic carbocycles. The molecule has 2 rings (SSSR count). The molecule has 0 saturated carbocycles. The number of rotatable bonds is 3. The highest BCUT2D eigenvalue weighted by Gasteiger charge is 2.35. The predicted octanol–water partition coefficient (Wildman–Crippen LogP) is 1.46. The summed E-state index contributed by atoms with van der Waals surface area (Å²) in [4.78, 5) is 25.0. The average Bonchev–Trinajstić information content (AvgIpc) is 2.93. The molecule has 1 amide bonds. The van der Waals surface area contributed by atoms with E-state index < -0.39 is 12.0 Å². The van der Waals surface area contributed by atoms with Gasteiger partial charge in [0, 0.05) is 18.3 Å². The van der Waals surface area contributed by atoms with Crippen LogP contribution in [0.2, 0.25) is 0 Å². The van der Waals surface area contributed by atoms with E-state index in [2.05, 4.69) is 5.10 Å². The van der Waals surface area contributed by atoms with Crippen molar-refractivity contribution in [3.8, 4) is 0 Å². The first kappa shape index (κ1) is 13.6. The SMILES string of the molecule is Cc1c(C(=O)N2CCC[C@@H]2C(=O)O)cnn1C(C)C. The molecule has 0 radical (unpaired) electrons. The maximum Gasteiger partial charge on any atom is 0.326 e. The normalized spacial score (nSPS) is 19.2. The lowest BCUT2D eigenvalue weighted by Crippen LogP contribution is -2.40. The van der Waals surface area contributed by atoms with Crippen LogP contribution >= 0.6 is 0 Å². The molecule has 0 spiro atoms. The van der Waals surface area contributed by atoms with Gasteiger partial charge in [-0.1, -0.05) is 0 Å². The number of carboxylic acid groups (broad SMARTS) is 1. The minimum absolute atomic E-state index is 0.176. The fourth-order valence-electron chi connectivity index (χ4n) is 2.58. The minimum atomic E-state index is -0.931. The summed E-state index contributed by atoms with van der Waals surface area (Å²) in [6, 6.07) is -0.523. The first-order chi connectivity index (χ1) is 8.93. The molecule has 1 fully saturated rings. The molecule has 19 heavy (non-hydrogen) atoms. The topological polar surface area (TPSA) is 75.4 Å². The summed E-state index contributed by atoms with van der Waals surface area (Å²) in [5.74, 6) is -1.16. The fourth-order valence-corrected chi connectivity index (χ4v) is 2.58. The van der Waals surface area contributed by atoms with E-state index in [9.17, 15) is 9.59 Å². The Morgan fingerprint density at radius 3 is 2.68 bits per heavy atom. The Morgan fingerprint density at radius 1 is 1.47 bits per heavy atom. The Labute approximate surface area is 112 Å².